The Morgan fingerprint density at radius 1 is 1.17 bits per heavy atom. The first-order chi connectivity index (χ1) is 17.0. The van der Waals surface area contributed by atoms with Gasteiger partial charge in [-0.05, 0) is 50.7 Å². The number of nitrogens with zero attached hydrogens (tertiary/aromatic N) is 4. The number of anilines is 2. The zero-order valence-corrected chi connectivity index (χ0v) is 20.2. The first-order valence-electron chi connectivity index (χ1n) is 11.1. The summed E-state index contributed by atoms with van der Waals surface area (Å²) in [5, 5.41) is 23.7. The van der Waals surface area contributed by atoms with Crippen molar-refractivity contribution >= 4 is 28.9 Å². The quantitative estimate of drug-likeness (QED) is 0.397. The summed E-state index contributed by atoms with van der Waals surface area (Å²) in [6.45, 7) is 1.68. The summed E-state index contributed by atoms with van der Waals surface area (Å²) in [6, 6.07) is 3.87. The first kappa shape index (κ1) is 25.8. The molecule has 0 radical (unpaired) electrons. The van der Waals surface area contributed by atoms with Crippen molar-refractivity contribution < 1.29 is 32.9 Å². The van der Waals surface area contributed by atoms with Crippen LogP contribution >= 0.6 is 11.3 Å². The topological polar surface area (TPSA) is 130 Å². The van der Waals surface area contributed by atoms with Gasteiger partial charge in [-0.2, -0.15) is 13.2 Å². The molecule has 0 bridgehead atoms. The Morgan fingerprint density at radius 3 is 2.53 bits per heavy atom. The maximum absolute atomic E-state index is 13.0. The van der Waals surface area contributed by atoms with Gasteiger partial charge in [0.1, 0.15) is 16.3 Å². The minimum Gasteiger partial charge on any atom is -0.481 e. The molecule has 0 amide bonds. The predicted octanol–water partition coefficient (Wildman–Crippen LogP) is 4.86. The van der Waals surface area contributed by atoms with Gasteiger partial charge in [-0.1, -0.05) is 0 Å². The van der Waals surface area contributed by atoms with Crippen LogP contribution in [0.5, 0.6) is 5.88 Å². The number of alkyl halides is 3. The lowest BCUT2D eigenvalue weighted by atomic mass is 9.74. The Labute approximate surface area is 208 Å². The van der Waals surface area contributed by atoms with Crippen LogP contribution in [0.3, 0.4) is 0 Å². The predicted molar refractivity (Wildman–Crippen MR) is 125 cm³/mol. The number of hydrogen-bond donors (Lipinski definition) is 3. The highest BCUT2D eigenvalue weighted by Gasteiger charge is 2.40. The SMILES string of the molecule is COc1cc(Nc2nccc(C(F)(F)F)n2)cc(-c2cnc(C(C)(O)C3CCC(C(=O)O)CC3)s2)n1. The van der Waals surface area contributed by atoms with E-state index in [4.69, 9.17) is 4.74 Å². The number of carboxylic acid groups (broad SMARTS) is 1. The molecule has 1 fully saturated rings. The van der Waals surface area contributed by atoms with Crippen LogP contribution in [-0.2, 0) is 16.6 Å². The molecule has 0 aromatic carbocycles. The highest BCUT2D eigenvalue weighted by Crippen LogP contribution is 2.43. The zero-order valence-electron chi connectivity index (χ0n) is 19.4. The number of carboxylic acids is 1. The molecule has 1 saturated carbocycles. The fraction of sp³-hybridized carbons (Fsp3) is 0.435. The van der Waals surface area contributed by atoms with Crippen LogP contribution in [0.25, 0.3) is 10.6 Å². The minimum absolute atomic E-state index is 0.138. The summed E-state index contributed by atoms with van der Waals surface area (Å²) in [6.07, 6.45) is 0.103. The number of aliphatic hydroxyl groups is 1. The van der Waals surface area contributed by atoms with Gasteiger partial charge in [0.05, 0.1) is 23.6 Å². The first-order valence-corrected chi connectivity index (χ1v) is 11.9. The molecular weight excluding hydrogens is 499 g/mol. The number of methoxy groups -OCH3 is 1. The van der Waals surface area contributed by atoms with Crippen LogP contribution in [0.2, 0.25) is 0 Å². The summed E-state index contributed by atoms with van der Waals surface area (Å²) in [5.74, 6) is -1.38. The molecular formula is C23H24F3N5O4S. The molecule has 3 aromatic heterocycles. The molecule has 1 unspecified atom stereocenters. The number of ether oxygens (including phenoxy) is 1. The second kappa shape index (κ2) is 9.97. The Kier molecular flexibility index (Phi) is 7.14. The monoisotopic (exact) mass is 523 g/mol. The second-order valence-corrected chi connectivity index (χ2v) is 9.77. The smallest absolute Gasteiger partial charge is 0.433 e. The average molecular weight is 524 g/mol. The third kappa shape index (κ3) is 5.57. The fourth-order valence-corrected chi connectivity index (χ4v) is 5.22. The molecule has 0 spiro atoms. The van der Waals surface area contributed by atoms with E-state index in [0.29, 0.717) is 46.9 Å². The molecule has 0 aliphatic heterocycles. The van der Waals surface area contributed by atoms with E-state index in [1.54, 1.807) is 19.2 Å². The number of hydrogen-bond acceptors (Lipinski definition) is 9. The molecule has 0 saturated heterocycles. The third-order valence-corrected chi connectivity index (χ3v) is 7.52. The van der Waals surface area contributed by atoms with Crippen molar-refractivity contribution in [2.24, 2.45) is 11.8 Å². The number of aromatic nitrogens is 4. The Balaban J connectivity index is 1.57. The molecule has 3 aromatic rings. The van der Waals surface area contributed by atoms with E-state index in [9.17, 15) is 28.2 Å². The highest BCUT2D eigenvalue weighted by atomic mass is 32.1. The summed E-state index contributed by atoms with van der Waals surface area (Å²) >= 11 is 1.23. The van der Waals surface area contributed by atoms with Crippen molar-refractivity contribution in [3.63, 3.8) is 0 Å². The molecule has 1 aliphatic rings. The van der Waals surface area contributed by atoms with Crippen molar-refractivity contribution in [2.45, 2.75) is 44.4 Å². The van der Waals surface area contributed by atoms with E-state index in [0.717, 1.165) is 12.3 Å². The number of thiazole rings is 1. The standard InChI is InChI=1S/C23H24F3N5O4S/c1-22(34,13-5-3-12(4-6-13)19(32)33)20-28-11-16(36-20)15-9-14(10-18(30-15)35-2)29-21-27-8-7-17(31-21)23(24,25)26/h7-13,34H,3-6H2,1-2H3,(H,32,33)(H,27,29,30,31). The van der Waals surface area contributed by atoms with Crippen molar-refractivity contribution in [3.05, 3.63) is 41.3 Å². The van der Waals surface area contributed by atoms with Gasteiger partial charge in [0.25, 0.3) is 0 Å². The molecule has 192 valence electrons. The lowest BCUT2D eigenvalue weighted by Crippen LogP contribution is -2.35. The molecule has 3 N–H and O–H groups in total. The van der Waals surface area contributed by atoms with Crippen molar-refractivity contribution in [3.8, 4) is 16.5 Å². The number of pyridine rings is 1. The normalized spacial score (nSPS) is 19.9. The number of halogens is 3. The van der Waals surface area contributed by atoms with E-state index < -0.39 is 29.4 Å². The van der Waals surface area contributed by atoms with Gasteiger partial charge < -0.3 is 20.3 Å². The summed E-state index contributed by atoms with van der Waals surface area (Å²) in [5.41, 5.74) is -1.55. The molecule has 3 heterocycles. The number of carbonyl (C=O) groups is 1. The number of rotatable bonds is 7. The van der Waals surface area contributed by atoms with Gasteiger partial charge in [0, 0.05) is 24.1 Å². The van der Waals surface area contributed by atoms with E-state index in [-0.39, 0.29) is 17.7 Å². The van der Waals surface area contributed by atoms with E-state index in [1.165, 1.54) is 24.5 Å². The van der Waals surface area contributed by atoms with E-state index in [1.807, 2.05) is 0 Å². The van der Waals surface area contributed by atoms with Crippen LogP contribution in [-0.4, -0.2) is 43.2 Å². The molecule has 1 atom stereocenters. The lowest BCUT2D eigenvalue weighted by Gasteiger charge is -2.35. The lowest BCUT2D eigenvalue weighted by molar-refractivity contribution is -0.144. The number of aliphatic carboxylic acids is 1. The third-order valence-electron chi connectivity index (χ3n) is 6.28. The Bertz CT molecular complexity index is 1240. The summed E-state index contributed by atoms with van der Waals surface area (Å²) in [7, 11) is 1.41. The number of nitrogens with one attached hydrogen (secondary N) is 1. The van der Waals surface area contributed by atoms with Crippen LogP contribution in [0.1, 0.15) is 43.3 Å². The highest BCUT2D eigenvalue weighted by molar-refractivity contribution is 7.15. The Morgan fingerprint density at radius 2 is 1.89 bits per heavy atom. The zero-order chi connectivity index (χ0) is 26.1. The molecule has 9 nitrogen and oxygen atoms in total. The van der Waals surface area contributed by atoms with Crippen molar-refractivity contribution in [1.82, 2.24) is 19.9 Å². The van der Waals surface area contributed by atoms with Crippen LogP contribution < -0.4 is 10.1 Å². The van der Waals surface area contributed by atoms with Crippen LogP contribution in [0, 0.1) is 11.8 Å². The van der Waals surface area contributed by atoms with E-state index >= 15 is 0 Å². The Hall–Kier alpha value is -3.32. The van der Waals surface area contributed by atoms with Crippen molar-refractivity contribution in [2.75, 3.05) is 12.4 Å². The largest absolute Gasteiger partial charge is 0.481 e. The van der Waals surface area contributed by atoms with Gasteiger partial charge in [-0.15, -0.1) is 11.3 Å². The van der Waals surface area contributed by atoms with Gasteiger partial charge >= 0.3 is 12.1 Å². The van der Waals surface area contributed by atoms with Gasteiger partial charge in [-0.25, -0.2) is 19.9 Å². The summed E-state index contributed by atoms with van der Waals surface area (Å²) in [4.78, 5) is 28.0. The van der Waals surface area contributed by atoms with Crippen LogP contribution in [0.15, 0.2) is 30.6 Å². The summed E-state index contributed by atoms with van der Waals surface area (Å²) < 4.78 is 44.2. The van der Waals surface area contributed by atoms with Gasteiger partial charge in [0.2, 0.25) is 11.8 Å². The van der Waals surface area contributed by atoms with Gasteiger partial charge in [0.15, 0.2) is 0 Å². The fourth-order valence-electron chi connectivity index (χ4n) is 4.22. The minimum atomic E-state index is -4.61. The molecule has 13 heteroatoms. The maximum Gasteiger partial charge on any atom is 0.433 e. The van der Waals surface area contributed by atoms with Crippen molar-refractivity contribution in [1.29, 1.82) is 0 Å². The average Bonchev–Trinajstić information content (AvgIpc) is 3.35. The molecule has 1 aliphatic carbocycles. The van der Waals surface area contributed by atoms with E-state index in [2.05, 4.69) is 25.3 Å². The second-order valence-electron chi connectivity index (χ2n) is 8.74. The van der Waals surface area contributed by atoms with Gasteiger partial charge in [-0.3, -0.25) is 4.79 Å². The van der Waals surface area contributed by atoms with Crippen LogP contribution in [0.4, 0.5) is 24.8 Å². The molecule has 4 rings (SSSR count). The maximum atomic E-state index is 13.0. The molecule has 36 heavy (non-hydrogen) atoms.